The van der Waals surface area contributed by atoms with Crippen molar-refractivity contribution in [3.8, 4) is 17.0 Å². The smallest absolute Gasteiger partial charge is 0.281 e. The van der Waals surface area contributed by atoms with Crippen LogP contribution in [-0.2, 0) is 14.8 Å². The summed E-state index contributed by atoms with van der Waals surface area (Å²) in [5.74, 6) is -0.0758. The number of anilines is 2. The molecule has 0 radical (unpaired) electrons. The molecule has 2 N–H and O–H groups in total. The summed E-state index contributed by atoms with van der Waals surface area (Å²) in [5, 5.41) is 2.71. The van der Waals surface area contributed by atoms with Gasteiger partial charge in [0.1, 0.15) is 17.4 Å². The topological polar surface area (TPSA) is 131 Å². The number of rotatable bonds is 12. The van der Waals surface area contributed by atoms with Crippen molar-refractivity contribution in [3.63, 3.8) is 0 Å². The van der Waals surface area contributed by atoms with E-state index in [4.69, 9.17) is 21.3 Å². The molecule has 0 bridgehead atoms. The number of benzene rings is 1. The Hall–Kier alpha value is -3.70. The molecule has 0 saturated carbocycles. The fourth-order valence-electron chi connectivity index (χ4n) is 4.99. The van der Waals surface area contributed by atoms with E-state index in [9.17, 15) is 18.0 Å². The van der Waals surface area contributed by atoms with Gasteiger partial charge in [-0.3, -0.25) is 9.59 Å². The zero-order valence-corrected chi connectivity index (χ0v) is 26.5. The lowest BCUT2D eigenvalue weighted by Crippen LogP contribution is -2.37. The minimum absolute atomic E-state index is 0.0873. The number of halogens is 1. The van der Waals surface area contributed by atoms with Crippen LogP contribution in [0.1, 0.15) is 76.6 Å². The number of nitrogens with zero attached hydrogens (tertiary/aromatic N) is 3. The van der Waals surface area contributed by atoms with Crippen LogP contribution in [-0.4, -0.2) is 48.9 Å². The van der Waals surface area contributed by atoms with E-state index in [0.29, 0.717) is 41.7 Å². The van der Waals surface area contributed by atoms with Gasteiger partial charge >= 0.3 is 0 Å². The standard InChI is InChI=1S/C31H38ClN5O5S/c1-5-7-10-28(38)34-27-9-8-11-29(35-27)43(40,41)36-31(39)23-15-17-25(33-30(23)37-20(3)12-13-21(37)4)22-14-16-24(32)26(19-22)42-18-6-2/h8-9,11,14-17,19-21H,5-7,10,12-13,18H2,1-4H3,(H,36,39)(H,34,35,38)/t20-,21+. The maximum absolute atomic E-state index is 13.6. The highest BCUT2D eigenvalue weighted by molar-refractivity contribution is 7.90. The van der Waals surface area contributed by atoms with Crippen LogP contribution in [0.15, 0.2) is 53.6 Å². The first-order chi connectivity index (χ1) is 20.5. The molecule has 4 rings (SSSR count). The number of unbranched alkanes of at least 4 members (excludes halogenated alkanes) is 1. The molecule has 1 aromatic carbocycles. The van der Waals surface area contributed by atoms with Gasteiger partial charge in [0.15, 0.2) is 5.03 Å². The van der Waals surface area contributed by atoms with Gasteiger partial charge in [0.25, 0.3) is 15.9 Å². The number of aromatic nitrogens is 2. The lowest BCUT2D eigenvalue weighted by atomic mass is 10.1. The molecule has 1 aliphatic rings. The van der Waals surface area contributed by atoms with Crippen LogP contribution in [0.5, 0.6) is 5.75 Å². The molecule has 1 aliphatic heterocycles. The third-order valence-corrected chi connectivity index (χ3v) is 8.80. The van der Waals surface area contributed by atoms with E-state index in [2.05, 4.69) is 33.8 Å². The lowest BCUT2D eigenvalue weighted by Gasteiger charge is -2.29. The zero-order valence-electron chi connectivity index (χ0n) is 24.9. The molecular weight excluding hydrogens is 590 g/mol. The first-order valence-corrected chi connectivity index (χ1v) is 16.5. The molecular formula is C31H38ClN5O5S. The molecule has 0 aliphatic carbocycles. The van der Waals surface area contributed by atoms with Gasteiger partial charge in [0.2, 0.25) is 5.91 Å². The molecule has 12 heteroatoms. The summed E-state index contributed by atoms with van der Waals surface area (Å²) in [6, 6.07) is 13.0. The molecule has 2 atom stereocenters. The number of carbonyl (C=O) groups excluding carboxylic acids is 2. The van der Waals surface area contributed by atoms with Crippen LogP contribution in [0.4, 0.5) is 11.6 Å². The molecule has 43 heavy (non-hydrogen) atoms. The summed E-state index contributed by atoms with van der Waals surface area (Å²) in [6.45, 7) is 8.60. The zero-order chi connectivity index (χ0) is 31.1. The van der Waals surface area contributed by atoms with E-state index in [1.165, 1.54) is 18.2 Å². The normalized spacial score (nSPS) is 16.6. The maximum atomic E-state index is 13.6. The van der Waals surface area contributed by atoms with Crippen LogP contribution in [0, 0.1) is 0 Å². The Morgan fingerprint density at radius 2 is 1.77 bits per heavy atom. The molecule has 1 fully saturated rings. The molecule has 0 spiro atoms. The average Bonchev–Trinajstić information content (AvgIpc) is 3.32. The van der Waals surface area contributed by atoms with Gasteiger partial charge in [-0.15, -0.1) is 0 Å². The van der Waals surface area contributed by atoms with Crippen LogP contribution in [0.3, 0.4) is 0 Å². The summed E-state index contributed by atoms with van der Waals surface area (Å²) >= 11 is 6.34. The van der Waals surface area contributed by atoms with Crippen molar-refractivity contribution in [2.45, 2.75) is 83.3 Å². The Morgan fingerprint density at radius 1 is 1.02 bits per heavy atom. The van der Waals surface area contributed by atoms with Crippen molar-refractivity contribution in [2.75, 3.05) is 16.8 Å². The molecule has 2 amide bonds. The lowest BCUT2D eigenvalue weighted by molar-refractivity contribution is -0.116. The number of pyridine rings is 2. The van der Waals surface area contributed by atoms with Gasteiger partial charge in [-0.05, 0) is 75.9 Å². The highest BCUT2D eigenvalue weighted by Crippen LogP contribution is 2.35. The van der Waals surface area contributed by atoms with E-state index >= 15 is 0 Å². The van der Waals surface area contributed by atoms with E-state index in [1.54, 1.807) is 18.2 Å². The molecule has 0 unspecified atom stereocenters. The van der Waals surface area contributed by atoms with Gasteiger partial charge in [0, 0.05) is 24.1 Å². The van der Waals surface area contributed by atoms with Gasteiger partial charge in [-0.2, -0.15) is 8.42 Å². The fraction of sp³-hybridized carbons (Fsp3) is 0.419. The van der Waals surface area contributed by atoms with E-state index in [1.807, 2.05) is 26.0 Å². The Kier molecular flexibility index (Phi) is 10.6. The molecule has 1 saturated heterocycles. The molecule has 3 heterocycles. The minimum Gasteiger partial charge on any atom is -0.492 e. The number of ether oxygens (including phenoxy) is 1. The summed E-state index contributed by atoms with van der Waals surface area (Å²) in [5.41, 5.74) is 1.46. The van der Waals surface area contributed by atoms with Gasteiger partial charge in [-0.1, -0.05) is 44.0 Å². The second-order valence-electron chi connectivity index (χ2n) is 10.7. The maximum Gasteiger partial charge on any atom is 0.281 e. The summed E-state index contributed by atoms with van der Waals surface area (Å²) < 4.78 is 34.5. The third kappa shape index (κ3) is 7.83. The number of carbonyl (C=O) groups is 2. The van der Waals surface area contributed by atoms with Crippen LogP contribution >= 0.6 is 11.6 Å². The number of nitrogens with one attached hydrogen (secondary N) is 2. The molecule has 3 aromatic rings. The first-order valence-electron chi connectivity index (χ1n) is 14.6. The largest absolute Gasteiger partial charge is 0.492 e. The van der Waals surface area contributed by atoms with Crippen molar-refractivity contribution in [1.82, 2.24) is 14.7 Å². The Balaban J connectivity index is 1.66. The summed E-state index contributed by atoms with van der Waals surface area (Å²) in [6.07, 6.45) is 4.49. The predicted molar refractivity (Wildman–Crippen MR) is 168 cm³/mol. The number of amides is 2. The highest BCUT2D eigenvalue weighted by Gasteiger charge is 2.33. The summed E-state index contributed by atoms with van der Waals surface area (Å²) in [7, 11) is -4.37. The first kappa shape index (κ1) is 32.2. The predicted octanol–water partition coefficient (Wildman–Crippen LogP) is 6.21. The average molecular weight is 628 g/mol. The number of hydrogen-bond acceptors (Lipinski definition) is 8. The second kappa shape index (κ2) is 14.2. The third-order valence-electron chi connectivity index (χ3n) is 7.26. The van der Waals surface area contributed by atoms with Crippen molar-refractivity contribution in [1.29, 1.82) is 0 Å². The Bertz CT molecular complexity index is 1570. The fourth-order valence-corrected chi connectivity index (χ4v) is 6.09. The van der Waals surface area contributed by atoms with Gasteiger partial charge in [-0.25, -0.2) is 14.7 Å². The van der Waals surface area contributed by atoms with Crippen molar-refractivity contribution >= 4 is 45.1 Å². The monoisotopic (exact) mass is 627 g/mol. The second-order valence-corrected chi connectivity index (χ2v) is 12.7. The van der Waals surface area contributed by atoms with Crippen LogP contribution in [0.25, 0.3) is 11.3 Å². The highest BCUT2D eigenvalue weighted by atomic mass is 35.5. The Labute approximate surface area is 258 Å². The van der Waals surface area contributed by atoms with Gasteiger partial charge < -0.3 is 15.0 Å². The van der Waals surface area contributed by atoms with E-state index in [-0.39, 0.29) is 34.4 Å². The minimum atomic E-state index is -4.37. The van der Waals surface area contributed by atoms with Gasteiger partial charge in [0.05, 0.1) is 22.9 Å². The van der Waals surface area contributed by atoms with E-state index in [0.717, 1.165) is 31.2 Å². The molecule has 230 valence electrons. The Morgan fingerprint density at radius 3 is 2.47 bits per heavy atom. The van der Waals surface area contributed by atoms with Crippen LogP contribution < -0.4 is 19.7 Å². The van der Waals surface area contributed by atoms with Crippen LogP contribution in [0.2, 0.25) is 5.02 Å². The SMILES string of the molecule is CCCCC(=O)Nc1cccc(S(=O)(=O)NC(=O)c2ccc(-c3ccc(Cl)c(OCCC)c3)nc2N2[C@H](C)CC[C@@H]2C)n1. The number of hydrogen-bond donors (Lipinski definition) is 2. The van der Waals surface area contributed by atoms with Crippen molar-refractivity contribution in [3.05, 3.63) is 59.1 Å². The molecule has 2 aromatic heterocycles. The van der Waals surface area contributed by atoms with E-state index < -0.39 is 15.9 Å². The summed E-state index contributed by atoms with van der Waals surface area (Å²) in [4.78, 5) is 36.7. The van der Waals surface area contributed by atoms with Crippen molar-refractivity contribution < 1.29 is 22.7 Å². The number of sulfonamides is 1. The van der Waals surface area contributed by atoms with Crippen molar-refractivity contribution in [2.24, 2.45) is 0 Å². The quantitative estimate of drug-likeness (QED) is 0.242. The molecule has 10 nitrogen and oxygen atoms in total.